The van der Waals surface area contributed by atoms with Crippen molar-refractivity contribution in [3.8, 4) is 0 Å². The van der Waals surface area contributed by atoms with Gasteiger partial charge in [0, 0.05) is 11.4 Å². The average Bonchev–Trinajstić information content (AvgIpc) is 2.60. The Morgan fingerprint density at radius 2 is 2.05 bits per heavy atom. The normalized spacial score (nSPS) is 29.1. The summed E-state index contributed by atoms with van der Waals surface area (Å²) in [4.78, 5) is 11.8. The van der Waals surface area contributed by atoms with E-state index in [1.54, 1.807) is 24.3 Å². The molecule has 0 aliphatic carbocycles. The third kappa shape index (κ3) is 2.82. The van der Waals surface area contributed by atoms with Gasteiger partial charge >= 0.3 is 5.97 Å². The number of ether oxygens (including phenoxy) is 2. The molecule has 2 radical (unpaired) electrons. The summed E-state index contributed by atoms with van der Waals surface area (Å²) in [5, 5.41) is 10.1. The molecule has 2 rings (SSSR count). The summed E-state index contributed by atoms with van der Waals surface area (Å²) >= 11 is 0. The highest BCUT2D eigenvalue weighted by Gasteiger charge is 2.47. The maximum absolute atomic E-state index is 11.8. The predicted molar refractivity (Wildman–Crippen MR) is 70.9 cm³/mol. The van der Waals surface area contributed by atoms with Gasteiger partial charge in [0.1, 0.15) is 20.6 Å². The molecule has 100 valence electrons. The fourth-order valence-corrected chi connectivity index (χ4v) is 2.03. The Morgan fingerprint density at radius 3 is 2.58 bits per heavy atom. The van der Waals surface area contributed by atoms with E-state index in [0.29, 0.717) is 5.56 Å². The quantitative estimate of drug-likeness (QED) is 0.653. The SMILES string of the molecule is [B][C@@H]1O[C@H](COC(=O)c2ccccc2)[C@@H](O)C1(C)C. The van der Waals surface area contributed by atoms with Crippen LogP contribution in [0.25, 0.3) is 0 Å². The zero-order valence-corrected chi connectivity index (χ0v) is 11.1. The molecule has 1 saturated heterocycles. The minimum atomic E-state index is -0.758. The van der Waals surface area contributed by atoms with Crippen molar-refractivity contribution in [2.75, 3.05) is 6.61 Å². The maximum Gasteiger partial charge on any atom is 0.338 e. The summed E-state index contributed by atoms with van der Waals surface area (Å²) < 4.78 is 10.6. The van der Waals surface area contributed by atoms with Crippen LogP contribution in [0.1, 0.15) is 24.2 Å². The molecule has 1 heterocycles. The van der Waals surface area contributed by atoms with E-state index < -0.39 is 29.6 Å². The van der Waals surface area contributed by atoms with Crippen molar-refractivity contribution in [2.45, 2.75) is 32.1 Å². The summed E-state index contributed by atoms with van der Waals surface area (Å²) in [7, 11) is 5.79. The molecular formula is C14H17BO4. The van der Waals surface area contributed by atoms with Gasteiger partial charge in [-0.05, 0) is 12.1 Å². The fourth-order valence-electron chi connectivity index (χ4n) is 2.03. The number of benzene rings is 1. The van der Waals surface area contributed by atoms with Crippen molar-refractivity contribution in [3.63, 3.8) is 0 Å². The van der Waals surface area contributed by atoms with Crippen molar-refractivity contribution < 1.29 is 19.4 Å². The first kappa shape index (κ1) is 14.1. The smallest absolute Gasteiger partial charge is 0.338 e. The number of aliphatic hydroxyl groups excluding tert-OH is 1. The van der Waals surface area contributed by atoms with Gasteiger partial charge in [0.15, 0.2) is 0 Å². The first-order valence-electron chi connectivity index (χ1n) is 6.24. The van der Waals surface area contributed by atoms with Gasteiger partial charge in [0.25, 0.3) is 0 Å². The monoisotopic (exact) mass is 260 g/mol. The number of carbonyl (C=O) groups excluding carboxylic acids is 1. The Labute approximate surface area is 114 Å². The lowest BCUT2D eigenvalue weighted by Crippen LogP contribution is -2.37. The van der Waals surface area contributed by atoms with Crippen LogP contribution in [-0.4, -0.2) is 43.7 Å². The molecule has 4 nitrogen and oxygen atoms in total. The minimum absolute atomic E-state index is 0.00791. The molecule has 1 aromatic rings. The number of hydrogen-bond donors (Lipinski definition) is 1. The topological polar surface area (TPSA) is 55.8 Å². The molecule has 1 N–H and O–H groups in total. The number of aliphatic hydroxyl groups is 1. The zero-order chi connectivity index (χ0) is 14.0. The van der Waals surface area contributed by atoms with Gasteiger partial charge < -0.3 is 14.6 Å². The Hall–Kier alpha value is -1.33. The van der Waals surface area contributed by atoms with Crippen LogP contribution in [0.5, 0.6) is 0 Å². The van der Waals surface area contributed by atoms with E-state index in [-0.39, 0.29) is 6.61 Å². The van der Waals surface area contributed by atoms with Crippen molar-refractivity contribution in [2.24, 2.45) is 5.41 Å². The van der Waals surface area contributed by atoms with E-state index >= 15 is 0 Å². The van der Waals surface area contributed by atoms with Gasteiger partial charge in [-0.2, -0.15) is 0 Å². The maximum atomic E-state index is 11.8. The van der Waals surface area contributed by atoms with E-state index in [2.05, 4.69) is 0 Å². The number of carbonyl (C=O) groups is 1. The van der Waals surface area contributed by atoms with Gasteiger partial charge in [-0.3, -0.25) is 0 Å². The van der Waals surface area contributed by atoms with Crippen LogP contribution in [-0.2, 0) is 9.47 Å². The molecule has 1 aromatic carbocycles. The lowest BCUT2D eigenvalue weighted by molar-refractivity contribution is -0.0222. The Kier molecular flexibility index (Phi) is 3.97. The Morgan fingerprint density at radius 1 is 1.42 bits per heavy atom. The van der Waals surface area contributed by atoms with E-state index in [1.807, 2.05) is 19.9 Å². The summed E-state index contributed by atoms with van der Waals surface area (Å²) in [5.74, 6) is -0.435. The van der Waals surface area contributed by atoms with Gasteiger partial charge in [0.05, 0.1) is 11.7 Å². The second-order valence-corrected chi connectivity index (χ2v) is 5.33. The highest BCUT2D eigenvalue weighted by Crippen LogP contribution is 2.36. The van der Waals surface area contributed by atoms with Crippen molar-refractivity contribution >= 4 is 13.8 Å². The molecule has 0 bridgehead atoms. The molecule has 0 spiro atoms. The number of esters is 1. The highest BCUT2D eigenvalue weighted by molar-refractivity contribution is 6.11. The van der Waals surface area contributed by atoms with Crippen molar-refractivity contribution in [1.29, 1.82) is 0 Å². The summed E-state index contributed by atoms with van der Waals surface area (Å²) in [5.41, 5.74) is -0.0809. The minimum Gasteiger partial charge on any atom is -0.459 e. The number of hydrogen-bond acceptors (Lipinski definition) is 4. The molecule has 19 heavy (non-hydrogen) atoms. The van der Waals surface area contributed by atoms with Crippen LogP contribution >= 0.6 is 0 Å². The molecule has 0 amide bonds. The third-order valence-corrected chi connectivity index (χ3v) is 3.56. The van der Waals surface area contributed by atoms with E-state index in [1.165, 1.54) is 0 Å². The van der Waals surface area contributed by atoms with E-state index in [9.17, 15) is 9.90 Å². The fraction of sp³-hybridized carbons (Fsp3) is 0.500. The zero-order valence-electron chi connectivity index (χ0n) is 11.1. The Balaban J connectivity index is 1.92. The van der Waals surface area contributed by atoms with Gasteiger partial charge in [-0.15, -0.1) is 0 Å². The van der Waals surface area contributed by atoms with Gasteiger partial charge in [-0.25, -0.2) is 4.79 Å². The second kappa shape index (κ2) is 5.35. The molecule has 3 atom stereocenters. The van der Waals surface area contributed by atoms with Crippen LogP contribution in [0.4, 0.5) is 0 Å². The van der Waals surface area contributed by atoms with Crippen LogP contribution in [0.15, 0.2) is 30.3 Å². The van der Waals surface area contributed by atoms with Crippen molar-refractivity contribution in [3.05, 3.63) is 35.9 Å². The molecule has 0 saturated carbocycles. The first-order valence-corrected chi connectivity index (χ1v) is 6.24. The van der Waals surface area contributed by atoms with Crippen LogP contribution < -0.4 is 0 Å². The summed E-state index contributed by atoms with van der Waals surface area (Å²) in [6.45, 7) is 3.63. The van der Waals surface area contributed by atoms with Crippen LogP contribution in [0.3, 0.4) is 0 Å². The lowest BCUT2D eigenvalue weighted by atomic mass is 9.73. The van der Waals surface area contributed by atoms with E-state index in [0.717, 1.165) is 0 Å². The first-order chi connectivity index (χ1) is 8.93. The molecule has 1 aliphatic heterocycles. The second-order valence-electron chi connectivity index (χ2n) is 5.33. The largest absolute Gasteiger partial charge is 0.459 e. The van der Waals surface area contributed by atoms with E-state index in [4.69, 9.17) is 17.3 Å². The molecule has 5 heteroatoms. The summed E-state index contributed by atoms with van der Waals surface area (Å²) in [6, 6.07) is 8.12. The average molecular weight is 260 g/mol. The molecule has 0 aromatic heterocycles. The van der Waals surface area contributed by atoms with Gasteiger partial charge in [0.2, 0.25) is 0 Å². The molecule has 1 fully saturated rings. The highest BCUT2D eigenvalue weighted by atomic mass is 16.6. The third-order valence-electron chi connectivity index (χ3n) is 3.56. The standard InChI is InChI=1S/C14H17BO4/c1-14(2)11(16)10(19-13(14)15)8-18-12(17)9-6-4-3-5-7-9/h3-7,10-11,13,16H,8H2,1-2H3/t10-,11-,13-/m1/s1. The Bertz CT molecular complexity index is 446. The predicted octanol–water partition coefficient (Wildman–Crippen LogP) is 1.12. The molecular weight excluding hydrogens is 243 g/mol. The van der Waals surface area contributed by atoms with Crippen LogP contribution in [0, 0.1) is 5.41 Å². The lowest BCUT2D eigenvalue weighted by Gasteiger charge is -2.26. The van der Waals surface area contributed by atoms with Gasteiger partial charge in [-0.1, -0.05) is 32.0 Å². The van der Waals surface area contributed by atoms with Crippen molar-refractivity contribution in [1.82, 2.24) is 0 Å². The molecule has 0 unspecified atom stereocenters. The molecule has 1 aliphatic rings. The van der Waals surface area contributed by atoms with Crippen LogP contribution in [0.2, 0.25) is 0 Å². The number of rotatable bonds is 3. The summed E-state index contributed by atoms with van der Waals surface area (Å²) in [6.07, 6.45) is -1.34.